The largest absolute Gasteiger partial charge is 0.294 e. The van der Waals surface area contributed by atoms with Crippen LogP contribution < -0.4 is 0 Å². The molecule has 2 aromatic carbocycles. The molecule has 90 valence electrons. The van der Waals surface area contributed by atoms with Crippen molar-refractivity contribution in [1.29, 1.82) is 0 Å². The Balaban J connectivity index is 2.11. The van der Waals surface area contributed by atoms with Crippen LogP contribution in [-0.4, -0.2) is 5.78 Å². The van der Waals surface area contributed by atoms with E-state index in [0.29, 0.717) is 18.1 Å². The topological polar surface area (TPSA) is 17.1 Å². The van der Waals surface area contributed by atoms with Gasteiger partial charge in [-0.3, -0.25) is 4.79 Å². The molecule has 0 bridgehead atoms. The third kappa shape index (κ3) is 1.97. The Labute approximate surface area is 107 Å². The summed E-state index contributed by atoms with van der Waals surface area (Å²) in [6.07, 6.45) is 2.72. The van der Waals surface area contributed by atoms with Crippen LogP contribution in [0.15, 0.2) is 54.6 Å². The minimum atomic E-state index is 0.295. The fourth-order valence-electron chi connectivity index (χ4n) is 2.84. The van der Waals surface area contributed by atoms with E-state index in [1.54, 1.807) is 0 Å². The monoisotopic (exact) mass is 236 g/mol. The molecule has 18 heavy (non-hydrogen) atoms. The van der Waals surface area contributed by atoms with Crippen LogP contribution in [0.4, 0.5) is 0 Å². The van der Waals surface area contributed by atoms with Crippen molar-refractivity contribution in [2.45, 2.75) is 25.2 Å². The van der Waals surface area contributed by atoms with Crippen LogP contribution in [0.25, 0.3) is 0 Å². The summed E-state index contributed by atoms with van der Waals surface area (Å²) in [5, 5.41) is 0. The van der Waals surface area contributed by atoms with Crippen molar-refractivity contribution in [2.75, 3.05) is 0 Å². The first-order chi connectivity index (χ1) is 8.86. The molecule has 1 heteroatoms. The molecule has 0 heterocycles. The van der Waals surface area contributed by atoms with Gasteiger partial charge in [0.15, 0.2) is 5.78 Å². The molecular formula is C17H16O. The highest BCUT2D eigenvalue weighted by Gasteiger charge is 2.23. The van der Waals surface area contributed by atoms with Gasteiger partial charge >= 0.3 is 0 Å². The minimum Gasteiger partial charge on any atom is -0.294 e. The van der Waals surface area contributed by atoms with Gasteiger partial charge in [0, 0.05) is 17.9 Å². The summed E-state index contributed by atoms with van der Waals surface area (Å²) in [6.45, 7) is 0. The Hall–Kier alpha value is -1.89. The Bertz CT molecular complexity index is 557. The molecule has 0 saturated carbocycles. The molecule has 1 nitrogen and oxygen atoms in total. The van der Waals surface area contributed by atoms with E-state index in [1.807, 2.05) is 24.3 Å². The smallest absolute Gasteiger partial charge is 0.163 e. The van der Waals surface area contributed by atoms with E-state index in [0.717, 1.165) is 18.4 Å². The lowest BCUT2D eigenvalue weighted by molar-refractivity contribution is 0.0982. The van der Waals surface area contributed by atoms with E-state index in [2.05, 4.69) is 30.3 Å². The van der Waals surface area contributed by atoms with Gasteiger partial charge in [-0.1, -0.05) is 54.6 Å². The van der Waals surface area contributed by atoms with Crippen molar-refractivity contribution in [3.05, 3.63) is 71.3 Å². The van der Waals surface area contributed by atoms with Crippen molar-refractivity contribution >= 4 is 5.78 Å². The number of fused-ring (bicyclic) bond motifs is 1. The number of benzene rings is 2. The van der Waals surface area contributed by atoms with Crippen molar-refractivity contribution in [3.63, 3.8) is 0 Å². The zero-order valence-corrected chi connectivity index (χ0v) is 10.3. The van der Waals surface area contributed by atoms with Crippen LogP contribution in [0, 0.1) is 0 Å². The highest BCUT2D eigenvalue weighted by Crippen LogP contribution is 2.35. The van der Waals surface area contributed by atoms with E-state index in [-0.39, 0.29) is 0 Å². The molecule has 0 saturated heterocycles. The van der Waals surface area contributed by atoms with Gasteiger partial charge < -0.3 is 0 Å². The lowest BCUT2D eigenvalue weighted by atomic mass is 9.86. The number of carbonyl (C=O) groups is 1. The lowest BCUT2D eigenvalue weighted by Crippen LogP contribution is -2.04. The summed E-state index contributed by atoms with van der Waals surface area (Å²) in [4.78, 5) is 12.1. The Morgan fingerprint density at radius 2 is 1.61 bits per heavy atom. The Morgan fingerprint density at radius 1 is 0.889 bits per heavy atom. The van der Waals surface area contributed by atoms with Gasteiger partial charge in [0.1, 0.15) is 0 Å². The van der Waals surface area contributed by atoms with Gasteiger partial charge in [-0.2, -0.15) is 0 Å². The summed E-state index contributed by atoms with van der Waals surface area (Å²) >= 11 is 0. The predicted octanol–water partition coefficient (Wildman–Crippen LogP) is 4.19. The Morgan fingerprint density at radius 3 is 2.44 bits per heavy atom. The van der Waals surface area contributed by atoms with Crippen LogP contribution >= 0.6 is 0 Å². The minimum absolute atomic E-state index is 0.295. The zero-order valence-electron chi connectivity index (χ0n) is 10.3. The normalized spacial score (nSPS) is 19.1. The number of hydrogen-bond acceptors (Lipinski definition) is 1. The number of ketones is 1. The van der Waals surface area contributed by atoms with Crippen molar-refractivity contribution < 1.29 is 4.79 Å². The zero-order chi connectivity index (χ0) is 12.4. The maximum Gasteiger partial charge on any atom is 0.163 e. The van der Waals surface area contributed by atoms with Gasteiger partial charge in [-0.05, 0) is 24.0 Å². The van der Waals surface area contributed by atoms with Crippen LogP contribution in [-0.2, 0) is 0 Å². The molecule has 0 N–H and O–H groups in total. The van der Waals surface area contributed by atoms with Crippen molar-refractivity contribution in [2.24, 2.45) is 0 Å². The highest BCUT2D eigenvalue weighted by molar-refractivity contribution is 5.98. The SMILES string of the molecule is O=C1CCC[C@@H](c2ccccc2)c2ccccc21. The average molecular weight is 236 g/mol. The second-order valence-electron chi connectivity index (χ2n) is 4.87. The molecule has 0 unspecified atom stereocenters. The quantitative estimate of drug-likeness (QED) is 0.679. The van der Waals surface area contributed by atoms with Crippen LogP contribution in [0.5, 0.6) is 0 Å². The molecule has 0 spiro atoms. The molecule has 3 rings (SSSR count). The van der Waals surface area contributed by atoms with E-state index in [4.69, 9.17) is 0 Å². The van der Waals surface area contributed by atoms with Crippen LogP contribution in [0.3, 0.4) is 0 Å². The maximum atomic E-state index is 12.1. The fraction of sp³-hybridized carbons (Fsp3) is 0.235. The second-order valence-corrected chi connectivity index (χ2v) is 4.87. The molecule has 0 aromatic heterocycles. The lowest BCUT2D eigenvalue weighted by Gasteiger charge is -2.17. The first-order valence-corrected chi connectivity index (χ1v) is 6.53. The maximum absolute atomic E-state index is 12.1. The van der Waals surface area contributed by atoms with E-state index in [1.165, 1.54) is 11.1 Å². The van der Waals surface area contributed by atoms with Crippen LogP contribution in [0.2, 0.25) is 0 Å². The van der Waals surface area contributed by atoms with Gasteiger partial charge in [-0.25, -0.2) is 0 Å². The molecular weight excluding hydrogens is 220 g/mol. The van der Waals surface area contributed by atoms with E-state index >= 15 is 0 Å². The second kappa shape index (κ2) is 4.77. The molecule has 1 atom stereocenters. The van der Waals surface area contributed by atoms with Crippen LogP contribution in [0.1, 0.15) is 46.7 Å². The van der Waals surface area contributed by atoms with E-state index < -0.39 is 0 Å². The summed E-state index contributed by atoms with van der Waals surface area (Å²) in [5.41, 5.74) is 3.44. The summed E-state index contributed by atoms with van der Waals surface area (Å²) in [5.74, 6) is 0.665. The third-order valence-corrected chi connectivity index (χ3v) is 3.74. The molecule has 0 fully saturated rings. The first-order valence-electron chi connectivity index (χ1n) is 6.53. The average Bonchev–Trinajstić information content (AvgIpc) is 2.60. The van der Waals surface area contributed by atoms with E-state index in [9.17, 15) is 4.79 Å². The number of rotatable bonds is 1. The standard InChI is InChI=1S/C17H16O/c18-17-12-6-11-14(13-7-2-1-3-8-13)15-9-4-5-10-16(15)17/h1-5,7-10,14H,6,11-12H2/t14-/m0/s1. The Kier molecular flexibility index (Phi) is 2.97. The first kappa shape index (κ1) is 11.2. The van der Waals surface area contributed by atoms with Gasteiger partial charge in [-0.15, -0.1) is 0 Å². The van der Waals surface area contributed by atoms with Gasteiger partial charge in [0.05, 0.1) is 0 Å². The molecule has 0 amide bonds. The van der Waals surface area contributed by atoms with Gasteiger partial charge in [0.2, 0.25) is 0 Å². The molecule has 2 aromatic rings. The molecule has 0 aliphatic heterocycles. The third-order valence-electron chi connectivity index (χ3n) is 3.74. The predicted molar refractivity (Wildman–Crippen MR) is 72.9 cm³/mol. The molecule has 1 aliphatic carbocycles. The van der Waals surface area contributed by atoms with Crippen molar-refractivity contribution in [3.8, 4) is 0 Å². The van der Waals surface area contributed by atoms with Gasteiger partial charge in [0.25, 0.3) is 0 Å². The summed E-state index contributed by atoms with van der Waals surface area (Å²) in [6, 6.07) is 18.6. The molecule has 0 radical (unpaired) electrons. The van der Waals surface area contributed by atoms with Crippen molar-refractivity contribution in [1.82, 2.24) is 0 Å². The number of carbonyl (C=O) groups excluding carboxylic acids is 1. The molecule has 1 aliphatic rings. The summed E-state index contributed by atoms with van der Waals surface area (Å²) < 4.78 is 0. The number of hydrogen-bond donors (Lipinski definition) is 0. The summed E-state index contributed by atoms with van der Waals surface area (Å²) in [7, 11) is 0. The fourth-order valence-corrected chi connectivity index (χ4v) is 2.84. The number of Topliss-reactive ketones (excluding diaryl/α,β-unsaturated/α-hetero) is 1. The highest BCUT2D eigenvalue weighted by atomic mass is 16.1.